The number of aliphatic hydroxyl groups excluding tert-OH is 1. The van der Waals surface area contributed by atoms with Crippen LogP contribution in [-0.4, -0.2) is 17.5 Å². The Morgan fingerprint density at radius 1 is 0.950 bits per heavy atom. The maximum Gasteiger partial charge on any atom is 0.168 e. The summed E-state index contributed by atoms with van der Waals surface area (Å²) in [6.07, 6.45) is 0. The highest BCUT2D eigenvalue weighted by Crippen LogP contribution is 2.22. The third-order valence-electron chi connectivity index (χ3n) is 3.61. The van der Waals surface area contributed by atoms with E-state index in [1.807, 2.05) is 68.4 Å². The molecule has 0 amide bonds. The minimum absolute atomic E-state index is 0.0158. The predicted octanol–water partition coefficient (Wildman–Crippen LogP) is 3.80. The Morgan fingerprint density at radius 3 is 2.00 bits per heavy atom. The molecule has 2 rings (SSSR count). The first-order chi connectivity index (χ1) is 9.63. The zero-order chi connectivity index (χ0) is 14.5. The molecule has 0 bridgehead atoms. The molecule has 0 radical (unpaired) electrons. The van der Waals surface area contributed by atoms with Gasteiger partial charge in [0.1, 0.15) is 0 Å². The van der Waals surface area contributed by atoms with Gasteiger partial charge in [-0.05, 0) is 17.0 Å². The average Bonchev–Trinajstić information content (AvgIpc) is 2.48. The highest BCUT2D eigenvalue weighted by molar-refractivity contribution is 5.98. The predicted molar refractivity (Wildman–Crippen MR) is 81.6 cm³/mol. The van der Waals surface area contributed by atoms with Crippen molar-refractivity contribution in [1.29, 1.82) is 0 Å². The minimum atomic E-state index is -0.322. The van der Waals surface area contributed by atoms with Crippen LogP contribution in [0.15, 0.2) is 54.6 Å². The second-order valence-corrected chi connectivity index (χ2v) is 5.34. The van der Waals surface area contributed by atoms with Crippen molar-refractivity contribution < 1.29 is 9.90 Å². The van der Waals surface area contributed by atoms with Gasteiger partial charge in [0.25, 0.3) is 0 Å². The molecule has 0 spiro atoms. The Morgan fingerprint density at radius 2 is 1.50 bits per heavy atom. The zero-order valence-electron chi connectivity index (χ0n) is 11.9. The number of hydrogen-bond acceptors (Lipinski definition) is 2. The lowest BCUT2D eigenvalue weighted by atomic mass is 9.88. The number of rotatable bonds is 5. The molecule has 2 aromatic carbocycles. The van der Waals surface area contributed by atoms with Crippen LogP contribution in [-0.2, 0) is 0 Å². The molecule has 0 fully saturated rings. The van der Waals surface area contributed by atoms with Crippen molar-refractivity contribution in [1.82, 2.24) is 0 Å². The van der Waals surface area contributed by atoms with Crippen LogP contribution >= 0.6 is 0 Å². The van der Waals surface area contributed by atoms with E-state index < -0.39 is 0 Å². The average molecular weight is 268 g/mol. The van der Waals surface area contributed by atoms with Crippen LogP contribution in [0.5, 0.6) is 0 Å². The molecule has 0 aliphatic carbocycles. The third kappa shape index (κ3) is 3.14. The van der Waals surface area contributed by atoms with E-state index in [1.54, 1.807) is 0 Å². The fourth-order valence-corrected chi connectivity index (χ4v) is 2.27. The van der Waals surface area contributed by atoms with Crippen LogP contribution in [0.2, 0.25) is 0 Å². The number of Topliss-reactive ketones (excluding diaryl/α,β-unsaturated/α-hetero) is 1. The molecule has 0 aliphatic rings. The van der Waals surface area contributed by atoms with Gasteiger partial charge in [-0.15, -0.1) is 0 Å². The van der Waals surface area contributed by atoms with E-state index in [2.05, 4.69) is 0 Å². The normalized spacial score (nSPS) is 12.4. The maximum atomic E-state index is 12.3. The van der Waals surface area contributed by atoms with E-state index in [0.29, 0.717) is 5.56 Å². The number of carbonyl (C=O) groups excluding carboxylic acids is 1. The highest BCUT2D eigenvalue weighted by Gasteiger charge is 2.22. The second-order valence-electron chi connectivity index (χ2n) is 5.34. The van der Waals surface area contributed by atoms with Gasteiger partial charge >= 0.3 is 0 Å². The molecule has 0 saturated carbocycles. The Balaban J connectivity index is 2.22. The molecule has 2 aromatic rings. The number of aliphatic hydroxyl groups is 1. The van der Waals surface area contributed by atoms with E-state index in [0.717, 1.165) is 11.1 Å². The standard InChI is InChI=1S/C18H20O2/c1-13(2)17(12-19)18(20)16-10-8-15(9-11-16)14-6-4-3-5-7-14/h3-11,13,17,19H,12H2,1-2H3. The summed E-state index contributed by atoms with van der Waals surface area (Å²) in [6.45, 7) is 3.81. The lowest BCUT2D eigenvalue weighted by molar-refractivity contribution is 0.0807. The lowest BCUT2D eigenvalue weighted by Gasteiger charge is -2.17. The monoisotopic (exact) mass is 268 g/mol. The summed E-state index contributed by atoms with van der Waals surface area (Å²) in [5.74, 6) is -0.166. The highest BCUT2D eigenvalue weighted by atomic mass is 16.3. The van der Waals surface area contributed by atoms with Gasteiger partial charge < -0.3 is 5.11 Å². The molecule has 1 N–H and O–H groups in total. The van der Waals surface area contributed by atoms with Crippen molar-refractivity contribution in [3.63, 3.8) is 0 Å². The summed E-state index contributed by atoms with van der Waals surface area (Å²) in [4.78, 5) is 12.3. The van der Waals surface area contributed by atoms with Crippen molar-refractivity contribution >= 4 is 5.78 Å². The van der Waals surface area contributed by atoms with Crippen molar-refractivity contribution in [2.45, 2.75) is 13.8 Å². The Hall–Kier alpha value is -1.93. The van der Waals surface area contributed by atoms with E-state index in [1.165, 1.54) is 0 Å². The van der Waals surface area contributed by atoms with E-state index in [-0.39, 0.29) is 24.2 Å². The van der Waals surface area contributed by atoms with Crippen LogP contribution in [0, 0.1) is 11.8 Å². The maximum absolute atomic E-state index is 12.3. The fourth-order valence-electron chi connectivity index (χ4n) is 2.27. The lowest BCUT2D eigenvalue weighted by Crippen LogP contribution is -2.24. The first-order valence-corrected chi connectivity index (χ1v) is 6.94. The van der Waals surface area contributed by atoms with E-state index >= 15 is 0 Å². The summed E-state index contributed by atoms with van der Waals surface area (Å²) in [5.41, 5.74) is 2.89. The minimum Gasteiger partial charge on any atom is -0.396 e. The van der Waals surface area contributed by atoms with Crippen molar-refractivity contribution in [2.75, 3.05) is 6.61 Å². The molecule has 2 heteroatoms. The topological polar surface area (TPSA) is 37.3 Å². The quantitative estimate of drug-likeness (QED) is 0.837. The molecule has 0 aliphatic heterocycles. The molecule has 1 atom stereocenters. The first kappa shape index (κ1) is 14.5. The summed E-state index contributed by atoms with van der Waals surface area (Å²) in [5, 5.41) is 9.34. The van der Waals surface area contributed by atoms with Gasteiger partial charge in [0.05, 0.1) is 6.61 Å². The van der Waals surface area contributed by atoms with Gasteiger partial charge in [-0.1, -0.05) is 68.4 Å². The van der Waals surface area contributed by atoms with Crippen molar-refractivity contribution in [3.8, 4) is 11.1 Å². The molecule has 0 aromatic heterocycles. The molecular weight excluding hydrogens is 248 g/mol. The molecular formula is C18H20O2. The fraction of sp³-hybridized carbons (Fsp3) is 0.278. The number of hydrogen-bond donors (Lipinski definition) is 1. The van der Waals surface area contributed by atoms with Gasteiger partial charge in [0.15, 0.2) is 5.78 Å². The molecule has 0 saturated heterocycles. The van der Waals surface area contributed by atoms with Gasteiger partial charge in [-0.3, -0.25) is 4.79 Å². The summed E-state index contributed by atoms with van der Waals surface area (Å²) in [7, 11) is 0. The van der Waals surface area contributed by atoms with Crippen LogP contribution in [0.25, 0.3) is 11.1 Å². The van der Waals surface area contributed by atoms with Gasteiger partial charge in [-0.2, -0.15) is 0 Å². The van der Waals surface area contributed by atoms with Crippen LogP contribution in [0.3, 0.4) is 0 Å². The van der Waals surface area contributed by atoms with Crippen LogP contribution in [0.1, 0.15) is 24.2 Å². The van der Waals surface area contributed by atoms with Crippen LogP contribution < -0.4 is 0 Å². The first-order valence-electron chi connectivity index (χ1n) is 6.94. The van der Waals surface area contributed by atoms with Gasteiger partial charge in [0, 0.05) is 11.5 Å². The molecule has 104 valence electrons. The Labute approximate surface area is 120 Å². The SMILES string of the molecule is CC(C)C(CO)C(=O)c1ccc(-c2ccccc2)cc1. The van der Waals surface area contributed by atoms with Crippen molar-refractivity contribution in [2.24, 2.45) is 11.8 Å². The van der Waals surface area contributed by atoms with E-state index in [9.17, 15) is 9.90 Å². The summed E-state index contributed by atoms with van der Waals surface area (Å²) < 4.78 is 0. The molecule has 0 heterocycles. The number of benzene rings is 2. The Bertz CT molecular complexity index is 556. The molecule has 20 heavy (non-hydrogen) atoms. The third-order valence-corrected chi connectivity index (χ3v) is 3.61. The van der Waals surface area contributed by atoms with Crippen LogP contribution in [0.4, 0.5) is 0 Å². The summed E-state index contributed by atoms with van der Waals surface area (Å²) in [6, 6.07) is 17.7. The largest absolute Gasteiger partial charge is 0.396 e. The van der Waals surface area contributed by atoms with Gasteiger partial charge in [0.2, 0.25) is 0 Å². The molecule has 2 nitrogen and oxygen atoms in total. The number of ketones is 1. The van der Waals surface area contributed by atoms with Crippen molar-refractivity contribution in [3.05, 3.63) is 60.2 Å². The zero-order valence-corrected chi connectivity index (χ0v) is 11.9. The smallest absolute Gasteiger partial charge is 0.168 e. The summed E-state index contributed by atoms with van der Waals surface area (Å²) >= 11 is 0. The molecule has 1 unspecified atom stereocenters. The van der Waals surface area contributed by atoms with Gasteiger partial charge in [-0.25, -0.2) is 0 Å². The van der Waals surface area contributed by atoms with E-state index in [4.69, 9.17) is 0 Å². The second kappa shape index (κ2) is 6.49. The Kier molecular flexibility index (Phi) is 4.70. The number of carbonyl (C=O) groups is 1.